The minimum Gasteiger partial charge on any atom is -0.375 e. The number of ketones is 1. The van der Waals surface area contributed by atoms with Gasteiger partial charge in [-0.1, -0.05) is 0 Å². The Morgan fingerprint density at radius 3 is 2.67 bits per heavy atom. The van der Waals surface area contributed by atoms with Gasteiger partial charge in [0.2, 0.25) is 5.91 Å². The number of nitrogens with zero attached hydrogens (tertiary/aromatic N) is 1. The highest BCUT2D eigenvalue weighted by atomic mass is 32.1. The average molecular weight is 268 g/mol. The Kier molecular flexibility index (Phi) is 2.81. The smallest absolute Gasteiger partial charge is 0.294 e. The normalized spacial score (nSPS) is 20.8. The fourth-order valence-corrected chi connectivity index (χ4v) is 2.21. The van der Waals surface area contributed by atoms with Crippen LogP contribution >= 0.6 is 11.3 Å². The standard InChI is InChI=1S/C10H12N4O3S/c1-10(2)6(8(17)14-10)13-7(16)5(15)4-3-18-9(11)12-4/h3,6H,1-2H3,(H2,11,12)(H,13,16)(H,14,17)/t6-/m1/s1. The Balaban J connectivity index is 2.05. The van der Waals surface area contributed by atoms with Gasteiger partial charge < -0.3 is 16.4 Å². The lowest BCUT2D eigenvalue weighted by Gasteiger charge is -2.44. The first-order valence-corrected chi connectivity index (χ1v) is 6.07. The second kappa shape index (κ2) is 4.05. The van der Waals surface area contributed by atoms with E-state index in [1.165, 1.54) is 5.38 Å². The third kappa shape index (κ3) is 2.06. The molecule has 18 heavy (non-hydrogen) atoms. The molecule has 1 atom stereocenters. The highest BCUT2D eigenvalue weighted by Crippen LogP contribution is 2.19. The van der Waals surface area contributed by atoms with E-state index in [4.69, 9.17) is 5.73 Å². The highest BCUT2D eigenvalue weighted by molar-refractivity contribution is 7.13. The molecule has 0 spiro atoms. The molecule has 0 aromatic carbocycles. The van der Waals surface area contributed by atoms with Crippen LogP contribution < -0.4 is 16.4 Å². The number of nitrogen functional groups attached to an aromatic ring is 1. The molecule has 0 bridgehead atoms. The van der Waals surface area contributed by atoms with E-state index in [-0.39, 0.29) is 16.7 Å². The van der Waals surface area contributed by atoms with Gasteiger partial charge in [0.25, 0.3) is 11.7 Å². The monoisotopic (exact) mass is 268 g/mol. The molecule has 2 heterocycles. The van der Waals surface area contributed by atoms with Gasteiger partial charge in [0.05, 0.1) is 5.54 Å². The first kappa shape index (κ1) is 12.5. The zero-order valence-corrected chi connectivity index (χ0v) is 10.6. The largest absolute Gasteiger partial charge is 0.375 e. The van der Waals surface area contributed by atoms with Crippen molar-refractivity contribution in [1.29, 1.82) is 0 Å². The van der Waals surface area contributed by atoms with Crippen LogP contribution in [0.4, 0.5) is 5.13 Å². The maximum absolute atomic E-state index is 11.7. The summed E-state index contributed by atoms with van der Waals surface area (Å²) in [7, 11) is 0. The number of hydrogen-bond donors (Lipinski definition) is 3. The summed E-state index contributed by atoms with van der Waals surface area (Å²) in [5, 5.41) is 6.63. The second-order valence-electron chi connectivity index (χ2n) is 4.52. The van der Waals surface area contributed by atoms with Crippen molar-refractivity contribution in [3.05, 3.63) is 11.1 Å². The van der Waals surface area contributed by atoms with Gasteiger partial charge in [0.15, 0.2) is 5.13 Å². The van der Waals surface area contributed by atoms with Crippen LogP contribution in [-0.4, -0.2) is 34.2 Å². The minimum absolute atomic E-state index is 0.00691. The molecule has 1 fully saturated rings. The summed E-state index contributed by atoms with van der Waals surface area (Å²) in [6.07, 6.45) is 0. The summed E-state index contributed by atoms with van der Waals surface area (Å²) in [5.74, 6) is -1.95. The first-order chi connectivity index (χ1) is 8.31. The van der Waals surface area contributed by atoms with Gasteiger partial charge >= 0.3 is 0 Å². The maximum atomic E-state index is 11.7. The predicted molar refractivity (Wildman–Crippen MR) is 65.0 cm³/mol. The number of Topliss-reactive ketones (excluding diaryl/α,β-unsaturated/α-hetero) is 1. The van der Waals surface area contributed by atoms with Gasteiger partial charge in [-0.05, 0) is 13.8 Å². The Bertz CT molecular complexity index is 537. The SMILES string of the molecule is CC1(C)NC(=O)[C@H]1NC(=O)C(=O)c1csc(N)n1. The highest BCUT2D eigenvalue weighted by Gasteiger charge is 2.47. The molecular weight excluding hydrogens is 256 g/mol. The summed E-state index contributed by atoms with van der Waals surface area (Å²) in [6.45, 7) is 3.51. The van der Waals surface area contributed by atoms with Gasteiger partial charge in [-0.3, -0.25) is 14.4 Å². The Labute approximate surface area is 107 Å². The summed E-state index contributed by atoms with van der Waals surface area (Å²) < 4.78 is 0. The van der Waals surface area contributed by atoms with Gasteiger partial charge in [-0.15, -0.1) is 11.3 Å². The lowest BCUT2D eigenvalue weighted by atomic mass is 9.85. The van der Waals surface area contributed by atoms with E-state index in [0.717, 1.165) is 11.3 Å². The molecule has 8 heteroatoms. The summed E-state index contributed by atoms with van der Waals surface area (Å²) in [4.78, 5) is 38.4. The third-order valence-corrected chi connectivity index (χ3v) is 3.34. The van der Waals surface area contributed by atoms with E-state index >= 15 is 0 Å². The maximum Gasteiger partial charge on any atom is 0.294 e. The van der Waals surface area contributed by atoms with E-state index in [0.29, 0.717) is 0 Å². The summed E-state index contributed by atoms with van der Waals surface area (Å²) >= 11 is 1.08. The van der Waals surface area contributed by atoms with Crippen molar-refractivity contribution in [3.63, 3.8) is 0 Å². The predicted octanol–water partition coefficient (Wildman–Crippen LogP) is -0.699. The molecular formula is C10H12N4O3S. The molecule has 4 N–H and O–H groups in total. The molecule has 2 rings (SSSR count). The van der Waals surface area contributed by atoms with E-state index in [1.807, 2.05) is 0 Å². The fraction of sp³-hybridized carbons (Fsp3) is 0.400. The number of amides is 2. The zero-order chi connectivity index (χ0) is 13.5. The molecule has 7 nitrogen and oxygen atoms in total. The van der Waals surface area contributed by atoms with Crippen molar-refractivity contribution >= 4 is 34.1 Å². The van der Waals surface area contributed by atoms with E-state index in [9.17, 15) is 14.4 Å². The molecule has 2 amide bonds. The number of β-lactam (4-membered cyclic amide) rings is 1. The van der Waals surface area contributed by atoms with Crippen LogP contribution in [0.3, 0.4) is 0 Å². The second-order valence-corrected chi connectivity index (χ2v) is 5.41. The van der Waals surface area contributed by atoms with Gasteiger partial charge in [-0.25, -0.2) is 4.98 Å². The number of hydrogen-bond acceptors (Lipinski definition) is 6. The minimum atomic E-state index is -0.853. The van der Waals surface area contributed by atoms with Crippen molar-refractivity contribution in [1.82, 2.24) is 15.6 Å². The topological polar surface area (TPSA) is 114 Å². The van der Waals surface area contributed by atoms with Crippen molar-refractivity contribution in [2.45, 2.75) is 25.4 Å². The van der Waals surface area contributed by atoms with Crippen LogP contribution in [-0.2, 0) is 9.59 Å². The number of nitrogens with one attached hydrogen (secondary N) is 2. The summed E-state index contributed by atoms with van der Waals surface area (Å²) in [6, 6.07) is -0.704. The van der Waals surface area contributed by atoms with E-state index in [2.05, 4.69) is 15.6 Å². The Hall–Kier alpha value is -1.96. The van der Waals surface area contributed by atoms with Crippen LogP contribution in [0.15, 0.2) is 5.38 Å². The number of thiazole rings is 1. The molecule has 96 valence electrons. The lowest BCUT2D eigenvalue weighted by molar-refractivity contribution is -0.138. The number of rotatable bonds is 3. The Morgan fingerprint density at radius 1 is 1.56 bits per heavy atom. The van der Waals surface area contributed by atoms with Crippen LogP contribution in [0, 0.1) is 0 Å². The van der Waals surface area contributed by atoms with Crippen LogP contribution in [0.25, 0.3) is 0 Å². The lowest BCUT2D eigenvalue weighted by Crippen LogP contribution is -2.75. The van der Waals surface area contributed by atoms with Crippen LogP contribution in [0.2, 0.25) is 0 Å². The third-order valence-electron chi connectivity index (χ3n) is 2.67. The number of aromatic nitrogens is 1. The van der Waals surface area contributed by atoms with Crippen LogP contribution in [0.1, 0.15) is 24.3 Å². The molecule has 1 aliphatic heterocycles. The zero-order valence-electron chi connectivity index (χ0n) is 9.81. The van der Waals surface area contributed by atoms with Crippen molar-refractivity contribution in [3.8, 4) is 0 Å². The van der Waals surface area contributed by atoms with Gasteiger partial charge in [-0.2, -0.15) is 0 Å². The van der Waals surface area contributed by atoms with Crippen LogP contribution in [0.5, 0.6) is 0 Å². The molecule has 1 saturated heterocycles. The molecule has 0 saturated carbocycles. The molecule has 1 aromatic rings. The average Bonchev–Trinajstić information content (AvgIpc) is 2.70. The van der Waals surface area contributed by atoms with Crippen molar-refractivity contribution < 1.29 is 14.4 Å². The first-order valence-electron chi connectivity index (χ1n) is 5.19. The number of carbonyl (C=O) groups is 3. The molecule has 1 aromatic heterocycles. The quantitative estimate of drug-likeness (QED) is 0.381. The molecule has 0 radical (unpaired) electrons. The van der Waals surface area contributed by atoms with Crippen molar-refractivity contribution in [2.24, 2.45) is 0 Å². The molecule has 0 aliphatic carbocycles. The van der Waals surface area contributed by atoms with E-state index in [1.54, 1.807) is 13.8 Å². The molecule has 0 unspecified atom stereocenters. The molecule has 1 aliphatic rings. The summed E-state index contributed by atoms with van der Waals surface area (Å²) in [5.41, 5.74) is 4.83. The Morgan fingerprint density at radius 2 is 2.22 bits per heavy atom. The van der Waals surface area contributed by atoms with Crippen molar-refractivity contribution in [2.75, 3.05) is 5.73 Å². The van der Waals surface area contributed by atoms with Gasteiger partial charge in [0, 0.05) is 5.38 Å². The number of anilines is 1. The van der Waals surface area contributed by atoms with Gasteiger partial charge in [0.1, 0.15) is 11.7 Å². The van der Waals surface area contributed by atoms with E-state index < -0.39 is 23.3 Å². The number of nitrogens with two attached hydrogens (primary N) is 1. The fourth-order valence-electron chi connectivity index (χ4n) is 1.66. The number of carbonyl (C=O) groups excluding carboxylic acids is 3.